The van der Waals surface area contributed by atoms with Crippen LogP contribution in [0, 0.1) is 0 Å². The second-order valence-electron chi connectivity index (χ2n) is 7.70. The van der Waals surface area contributed by atoms with Crippen molar-refractivity contribution in [3.05, 3.63) is 94.6 Å². The van der Waals surface area contributed by atoms with Crippen molar-refractivity contribution < 1.29 is 19.4 Å². The summed E-state index contributed by atoms with van der Waals surface area (Å²) in [4.78, 5) is 15.1. The van der Waals surface area contributed by atoms with Gasteiger partial charge in [0, 0.05) is 41.2 Å². The molecule has 6 nitrogen and oxygen atoms in total. The van der Waals surface area contributed by atoms with Gasteiger partial charge in [-0.2, -0.15) is 0 Å². The van der Waals surface area contributed by atoms with Gasteiger partial charge in [-0.25, -0.2) is 0 Å². The largest absolute Gasteiger partial charge is 0.493 e. The van der Waals surface area contributed by atoms with Crippen LogP contribution in [0.1, 0.15) is 16.7 Å². The standard InChI is InChI=1S/C26H25ClN2O4/c1-32-24-12-19(21(27)13-25(24)33-16-17-7-3-2-4-8-17)15-29-23(26(30)31)11-18-14-28-22-10-6-5-9-20(18)22/h2-10,12-14,23,28-29H,11,15-16H2,1H3,(H,30,31). The van der Waals surface area contributed by atoms with E-state index in [2.05, 4.69) is 10.3 Å². The maximum absolute atomic E-state index is 11.9. The predicted octanol–water partition coefficient (Wildman–Crippen LogP) is 5.19. The Bertz CT molecular complexity index is 1240. The Morgan fingerprint density at radius 1 is 1.06 bits per heavy atom. The highest BCUT2D eigenvalue weighted by atomic mass is 35.5. The molecule has 3 N–H and O–H groups in total. The lowest BCUT2D eigenvalue weighted by Gasteiger charge is -2.17. The van der Waals surface area contributed by atoms with Crippen molar-refractivity contribution in [2.45, 2.75) is 25.6 Å². The first-order valence-electron chi connectivity index (χ1n) is 10.6. The fraction of sp³-hybridized carbons (Fsp3) is 0.192. The van der Waals surface area contributed by atoms with Gasteiger partial charge in [0.1, 0.15) is 12.6 Å². The van der Waals surface area contributed by atoms with Gasteiger partial charge in [0.25, 0.3) is 0 Å². The number of aromatic nitrogens is 1. The predicted molar refractivity (Wildman–Crippen MR) is 129 cm³/mol. The molecule has 7 heteroatoms. The monoisotopic (exact) mass is 464 g/mol. The van der Waals surface area contributed by atoms with Crippen molar-refractivity contribution in [1.82, 2.24) is 10.3 Å². The molecule has 0 aliphatic heterocycles. The third-order valence-electron chi connectivity index (χ3n) is 5.51. The average Bonchev–Trinajstić information content (AvgIpc) is 3.24. The van der Waals surface area contributed by atoms with Crippen LogP contribution in [0.5, 0.6) is 11.5 Å². The summed E-state index contributed by atoms with van der Waals surface area (Å²) in [6, 6.07) is 20.3. The van der Waals surface area contributed by atoms with E-state index in [9.17, 15) is 9.90 Å². The van der Waals surface area contributed by atoms with E-state index in [1.54, 1.807) is 19.2 Å². The summed E-state index contributed by atoms with van der Waals surface area (Å²) in [7, 11) is 1.56. The zero-order chi connectivity index (χ0) is 23.2. The van der Waals surface area contributed by atoms with Crippen molar-refractivity contribution in [2.24, 2.45) is 0 Å². The average molecular weight is 465 g/mol. The molecule has 1 unspecified atom stereocenters. The van der Waals surface area contributed by atoms with Crippen LogP contribution in [0.25, 0.3) is 10.9 Å². The molecule has 0 aliphatic rings. The topological polar surface area (TPSA) is 83.6 Å². The van der Waals surface area contributed by atoms with Gasteiger partial charge in [-0.15, -0.1) is 0 Å². The lowest BCUT2D eigenvalue weighted by molar-refractivity contribution is -0.139. The van der Waals surface area contributed by atoms with Gasteiger partial charge in [-0.3, -0.25) is 10.1 Å². The Kier molecular flexibility index (Phi) is 7.17. The lowest BCUT2D eigenvalue weighted by atomic mass is 10.0. The number of aliphatic carboxylic acids is 1. The number of para-hydroxylation sites is 1. The second-order valence-corrected chi connectivity index (χ2v) is 8.11. The van der Waals surface area contributed by atoms with Gasteiger partial charge in [-0.1, -0.05) is 60.1 Å². The lowest BCUT2D eigenvalue weighted by Crippen LogP contribution is -2.38. The van der Waals surface area contributed by atoms with E-state index in [1.807, 2.05) is 60.8 Å². The van der Waals surface area contributed by atoms with Gasteiger partial charge >= 0.3 is 5.97 Å². The molecule has 4 rings (SSSR count). The van der Waals surface area contributed by atoms with Gasteiger partial charge in [-0.05, 0) is 28.8 Å². The number of nitrogens with one attached hydrogen (secondary N) is 2. The van der Waals surface area contributed by atoms with Crippen LogP contribution in [0.2, 0.25) is 5.02 Å². The molecule has 0 amide bonds. The molecule has 1 aromatic heterocycles. The molecule has 3 aromatic carbocycles. The van der Waals surface area contributed by atoms with E-state index in [0.29, 0.717) is 29.5 Å². The van der Waals surface area contributed by atoms with E-state index < -0.39 is 12.0 Å². The summed E-state index contributed by atoms with van der Waals surface area (Å²) >= 11 is 6.50. The summed E-state index contributed by atoms with van der Waals surface area (Å²) in [6.45, 7) is 0.657. The molecular weight excluding hydrogens is 440 g/mol. The number of halogens is 1. The SMILES string of the molecule is COc1cc(CNC(Cc2c[nH]c3ccccc23)C(=O)O)c(Cl)cc1OCc1ccccc1. The van der Waals surface area contributed by atoms with Crippen molar-refractivity contribution in [3.63, 3.8) is 0 Å². The van der Waals surface area contributed by atoms with E-state index in [1.165, 1.54) is 0 Å². The highest BCUT2D eigenvalue weighted by molar-refractivity contribution is 6.31. The summed E-state index contributed by atoms with van der Waals surface area (Å²) in [6.07, 6.45) is 2.20. The van der Waals surface area contributed by atoms with Crippen molar-refractivity contribution >= 4 is 28.5 Å². The Morgan fingerprint density at radius 3 is 2.58 bits per heavy atom. The Hall–Kier alpha value is -3.48. The number of fused-ring (bicyclic) bond motifs is 1. The fourth-order valence-corrected chi connectivity index (χ4v) is 3.94. The summed E-state index contributed by atoms with van der Waals surface area (Å²) in [5, 5.41) is 14.4. The number of aromatic amines is 1. The quantitative estimate of drug-likeness (QED) is 0.300. The van der Waals surface area contributed by atoms with E-state index in [-0.39, 0.29) is 6.54 Å². The van der Waals surface area contributed by atoms with E-state index in [0.717, 1.165) is 27.6 Å². The minimum Gasteiger partial charge on any atom is -0.493 e. The fourth-order valence-electron chi connectivity index (χ4n) is 3.72. The number of methoxy groups -OCH3 is 1. The zero-order valence-electron chi connectivity index (χ0n) is 18.2. The first kappa shape index (κ1) is 22.7. The Labute approximate surface area is 197 Å². The molecule has 170 valence electrons. The molecular formula is C26H25ClN2O4. The first-order chi connectivity index (χ1) is 16.0. The van der Waals surface area contributed by atoms with Crippen molar-refractivity contribution in [1.29, 1.82) is 0 Å². The smallest absolute Gasteiger partial charge is 0.321 e. The van der Waals surface area contributed by atoms with E-state index in [4.69, 9.17) is 21.1 Å². The summed E-state index contributed by atoms with van der Waals surface area (Å²) in [5.74, 6) is 0.144. The number of hydrogen-bond acceptors (Lipinski definition) is 4. The van der Waals surface area contributed by atoms with E-state index >= 15 is 0 Å². The minimum atomic E-state index is -0.925. The van der Waals surface area contributed by atoms with Crippen LogP contribution in [0.3, 0.4) is 0 Å². The highest BCUT2D eigenvalue weighted by Crippen LogP contribution is 2.34. The van der Waals surface area contributed by atoms with Gasteiger partial charge < -0.3 is 19.6 Å². The normalized spacial score (nSPS) is 11.9. The van der Waals surface area contributed by atoms with Crippen LogP contribution in [0.15, 0.2) is 72.9 Å². The van der Waals surface area contributed by atoms with Crippen LogP contribution in [-0.4, -0.2) is 29.2 Å². The molecule has 33 heavy (non-hydrogen) atoms. The number of carbonyl (C=O) groups is 1. The number of ether oxygens (including phenoxy) is 2. The number of carboxylic acids is 1. The molecule has 0 radical (unpaired) electrons. The van der Waals surface area contributed by atoms with Gasteiger partial charge in [0.15, 0.2) is 11.5 Å². The summed E-state index contributed by atoms with van der Waals surface area (Å²) < 4.78 is 11.4. The van der Waals surface area contributed by atoms with Gasteiger partial charge in [0.05, 0.1) is 7.11 Å². The van der Waals surface area contributed by atoms with Crippen LogP contribution in [0.4, 0.5) is 0 Å². The van der Waals surface area contributed by atoms with Gasteiger partial charge in [0.2, 0.25) is 0 Å². The Balaban J connectivity index is 1.46. The van der Waals surface area contributed by atoms with Crippen LogP contribution >= 0.6 is 11.6 Å². The number of rotatable bonds is 10. The molecule has 4 aromatic rings. The maximum atomic E-state index is 11.9. The highest BCUT2D eigenvalue weighted by Gasteiger charge is 2.20. The second kappa shape index (κ2) is 10.4. The number of H-pyrrole nitrogens is 1. The molecule has 1 heterocycles. The number of carboxylic acid groups (broad SMARTS) is 1. The molecule has 0 fully saturated rings. The molecule has 0 spiro atoms. The maximum Gasteiger partial charge on any atom is 0.321 e. The van der Waals surface area contributed by atoms with Crippen LogP contribution < -0.4 is 14.8 Å². The zero-order valence-corrected chi connectivity index (χ0v) is 18.9. The molecule has 0 aliphatic carbocycles. The number of hydrogen-bond donors (Lipinski definition) is 3. The minimum absolute atomic E-state index is 0.271. The molecule has 0 saturated heterocycles. The third-order valence-corrected chi connectivity index (χ3v) is 5.86. The van der Waals surface area contributed by atoms with Crippen molar-refractivity contribution in [3.8, 4) is 11.5 Å². The Morgan fingerprint density at radius 2 is 1.82 bits per heavy atom. The van der Waals surface area contributed by atoms with Crippen LogP contribution in [-0.2, 0) is 24.4 Å². The third kappa shape index (κ3) is 5.48. The molecule has 1 atom stereocenters. The number of benzene rings is 3. The molecule has 0 bridgehead atoms. The first-order valence-corrected chi connectivity index (χ1v) is 11.0. The molecule has 0 saturated carbocycles. The summed E-state index contributed by atoms with van der Waals surface area (Å²) in [5.41, 5.74) is 3.68. The van der Waals surface area contributed by atoms with Crippen molar-refractivity contribution in [2.75, 3.05) is 7.11 Å².